The Kier molecular flexibility index (Phi) is 6.39. The van der Waals surface area contributed by atoms with E-state index in [1.54, 1.807) is 29.8 Å². The number of likely N-dealkylation sites (tertiary alicyclic amines) is 2. The molecule has 4 rings (SSSR count). The molecule has 2 aromatic heterocycles. The van der Waals surface area contributed by atoms with Gasteiger partial charge in [0.25, 0.3) is 0 Å². The van der Waals surface area contributed by atoms with E-state index in [2.05, 4.69) is 9.88 Å². The van der Waals surface area contributed by atoms with Crippen LogP contribution < -0.4 is 4.74 Å². The average molecular weight is 398 g/mol. The summed E-state index contributed by atoms with van der Waals surface area (Å²) in [6.07, 6.45) is 11.7. The Morgan fingerprint density at radius 3 is 2.50 bits per heavy atom. The summed E-state index contributed by atoms with van der Waals surface area (Å²) in [5.74, 6) is 1.05. The highest BCUT2D eigenvalue weighted by molar-refractivity contribution is 7.10. The lowest BCUT2D eigenvalue weighted by Crippen LogP contribution is -2.49. The van der Waals surface area contributed by atoms with E-state index in [4.69, 9.17) is 4.74 Å². The summed E-state index contributed by atoms with van der Waals surface area (Å²) in [5.41, 5.74) is 0. The summed E-state index contributed by atoms with van der Waals surface area (Å²) >= 11 is 1.65. The lowest BCUT2D eigenvalue weighted by molar-refractivity contribution is -0.127. The molecule has 0 saturated carbocycles. The van der Waals surface area contributed by atoms with Crippen molar-refractivity contribution in [1.29, 1.82) is 0 Å². The number of aromatic nitrogens is 1. The standard InChI is InChI=1S/C22H27N3O2S/c26-22(4-3-21-2-1-17-28-21)25-13-7-18(8-14-25)24-15-9-20(10-16-24)27-19-5-11-23-12-6-19/h1-6,11-12,17-18,20H,7-10,13-16H2. The fraction of sp³-hybridized carbons (Fsp3) is 0.455. The Balaban J connectivity index is 1.20. The molecule has 0 radical (unpaired) electrons. The van der Waals surface area contributed by atoms with Gasteiger partial charge < -0.3 is 9.64 Å². The number of carbonyl (C=O) groups is 1. The van der Waals surface area contributed by atoms with Crippen LogP contribution in [0.15, 0.2) is 48.1 Å². The zero-order valence-electron chi connectivity index (χ0n) is 16.1. The summed E-state index contributed by atoms with van der Waals surface area (Å²) in [6.45, 7) is 3.86. The highest BCUT2D eigenvalue weighted by Crippen LogP contribution is 2.24. The van der Waals surface area contributed by atoms with Crippen LogP contribution in [0, 0.1) is 0 Å². The Labute approximate surface area is 170 Å². The molecule has 5 nitrogen and oxygen atoms in total. The minimum atomic E-state index is 0.135. The smallest absolute Gasteiger partial charge is 0.246 e. The van der Waals surface area contributed by atoms with Gasteiger partial charge in [0.1, 0.15) is 11.9 Å². The Morgan fingerprint density at radius 2 is 1.82 bits per heavy atom. The van der Waals surface area contributed by atoms with Gasteiger partial charge in [-0.1, -0.05) is 6.07 Å². The number of rotatable bonds is 5. The van der Waals surface area contributed by atoms with Gasteiger partial charge in [0.2, 0.25) is 5.91 Å². The molecule has 2 fully saturated rings. The van der Waals surface area contributed by atoms with Crippen molar-refractivity contribution in [3.8, 4) is 5.75 Å². The number of pyridine rings is 1. The number of carbonyl (C=O) groups excluding carboxylic acids is 1. The number of ether oxygens (including phenoxy) is 1. The predicted octanol–water partition coefficient (Wildman–Crippen LogP) is 3.69. The number of thiophene rings is 1. The summed E-state index contributed by atoms with van der Waals surface area (Å²) in [5, 5.41) is 2.03. The monoisotopic (exact) mass is 397 g/mol. The van der Waals surface area contributed by atoms with Crippen LogP contribution in [0.25, 0.3) is 6.08 Å². The SMILES string of the molecule is O=C(C=Cc1cccs1)N1CCC(N2CCC(Oc3ccncc3)CC2)CC1. The maximum Gasteiger partial charge on any atom is 0.246 e. The molecule has 28 heavy (non-hydrogen) atoms. The van der Waals surface area contributed by atoms with Crippen molar-refractivity contribution < 1.29 is 9.53 Å². The molecule has 0 atom stereocenters. The maximum absolute atomic E-state index is 12.4. The molecule has 1 amide bonds. The fourth-order valence-corrected chi connectivity index (χ4v) is 4.68. The van der Waals surface area contributed by atoms with Gasteiger partial charge in [-0.05, 0) is 55.3 Å². The maximum atomic E-state index is 12.4. The topological polar surface area (TPSA) is 45.7 Å². The van der Waals surface area contributed by atoms with Crippen molar-refractivity contribution in [2.45, 2.75) is 37.8 Å². The molecule has 0 unspecified atom stereocenters. The van der Waals surface area contributed by atoms with Crippen LogP contribution in [0.4, 0.5) is 0 Å². The summed E-state index contributed by atoms with van der Waals surface area (Å²) in [6, 6.07) is 8.47. The second-order valence-electron chi connectivity index (χ2n) is 7.44. The second kappa shape index (κ2) is 9.34. The lowest BCUT2D eigenvalue weighted by Gasteiger charge is -2.41. The van der Waals surface area contributed by atoms with E-state index in [9.17, 15) is 4.79 Å². The molecule has 2 aliphatic rings. The lowest BCUT2D eigenvalue weighted by atomic mass is 9.98. The van der Waals surface area contributed by atoms with E-state index in [0.29, 0.717) is 12.1 Å². The van der Waals surface area contributed by atoms with Gasteiger partial charge in [0.15, 0.2) is 0 Å². The van der Waals surface area contributed by atoms with Crippen LogP contribution in [0.5, 0.6) is 5.75 Å². The summed E-state index contributed by atoms with van der Waals surface area (Å²) in [7, 11) is 0. The molecule has 6 heteroatoms. The number of amides is 1. The van der Waals surface area contributed by atoms with E-state index in [1.807, 2.05) is 40.6 Å². The Bertz CT molecular complexity index is 762. The van der Waals surface area contributed by atoms with E-state index in [1.165, 1.54) is 0 Å². The minimum Gasteiger partial charge on any atom is -0.490 e. The Morgan fingerprint density at radius 1 is 1.07 bits per heavy atom. The Hall–Kier alpha value is -2.18. The molecule has 148 valence electrons. The van der Waals surface area contributed by atoms with Gasteiger partial charge in [-0.15, -0.1) is 11.3 Å². The number of nitrogens with zero attached hydrogens (tertiary/aromatic N) is 3. The van der Waals surface area contributed by atoms with Crippen molar-refractivity contribution in [2.75, 3.05) is 26.2 Å². The molecule has 2 saturated heterocycles. The highest BCUT2D eigenvalue weighted by Gasteiger charge is 2.29. The molecular weight excluding hydrogens is 370 g/mol. The van der Waals surface area contributed by atoms with Gasteiger partial charge in [-0.2, -0.15) is 0 Å². The van der Waals surface area contributed by atoms with Gasteiger partial charge in [-0.25, -0.2) is 0 Å². The van der Waals surface area contributed by atoms with Crippen LogP contribution in [0.1, 0.15) is 30.6 Å². The van der Waals surface area contributed by atoms with Crippen LogP contribution >= 0.6 is 11.3 Å². The molecule has 2 aromatic rings. The average Bonchev–Trinajstić information content (AvgIpc) is 3.27. The minimum absolute atomic E-state index is 0.135. The molecule has 0 N–H and O–H groups in total. The first-order valence-electron chi connectivity index (χ1n) is 10.1. The molecule has 0 aromatic carbocycles. The number of piperidine rings is 2. The normalized spacial score (nSPS) is 19.9. The molecular formula is C22H27N3O2S. The quantitative estimate of drug-likeness (QED) is 0.722. The van der Waals surface area contributed by atoms with Crippen LogP contribution in [-0.4, -0.2) is 59.0 Å². The third kappa shape index (κ3) is 5.00. The van der Waals surface area contributed by atoms with Crippen molar-refractivity contribution in [3.05, 3.63) is 53.0 Å². The molecule has 4 heterocycles. The van der Waals surface area contributed by atoms with E-state index >= 15 is 0 Å². The molecule has 0 bridgehead atoms. The van der Waals surface area contributed by atoms with Gasteiger partial charge in [0, 0.05) is 55.6 Å². The summed E-state index contributed by atoms with van der Waals surface area (Å²) < 4.78 is 6.07. The van der Waals surface area contributed by atoms with Crippen LogP contribution in [0.3, 0.4) is 0 Å². The number of hydrogen-bond donors (Lipinski definition) is 0. The van der Waals surface area contributed by atoms with Crippen molar-refractivity contribution in [3.63, 3.8) is 0 Å². The van der Waals surface area contributed by atoms with Crippen molar-refractivity contribution >= 4 is 23.3 Å². The second-order valence-corrected chi connectivity index (χ2v) is 8.42. The molecule has 2 aliphatic heterocycles. The van der Waals surface area contributed by atoms with E-state index in [-0.39, 0.29) is 5.91 Å². The fourth-order valence-electron chi connectivity index (χ4n) is 4.06. The van der Waals surface area contributed by atoms with Gasteiger partial charge >= 0.3 is 0 Å². The zero-order chi connectivity index (χ0) is 19.2. The first kappa shape index (κ1) is 19.2. The zero-order valence-corrected chi connectivity index (χ0v) is 16.9. The third-order valence-corrected chi connectivity index (χ3v) is 6.49. The predicted molar refractivity (Wildman–Crippen MR) is 112 cm³/mol. The van der Waals surface area contributed by atoms with Crippen LogP contribution in [-0.2, 0) is 4.79 Å². The highest BCUT2D eigenvalue weighted by atomic mass is 32.1. The molecule has 0 spiro atoms. The number of hydrogen-bond acceptors (Lipinski definition) is 5. The van der Waals surface area contributed by atoms with Crippen LogP contribution in [0.2, 0.25) is 0 Å². The van der Waals surface area contributed by atoms with Gasteiger partial charge in [0.05, 0.1) is 0 Å². The first-order chi connectivity index (χ1) is 13.8. The summed E-state index contributed by atoms with van der Waals surface area (Å²) in [4.78, 5) is 22.1. The third-order valence-electron chi connectivity index (χ3n) is 5.65. The van der Waals surface area contributed by atoms with E-state index < -0.39 is 0 Å². The van der Waals surface area contributed by atoms with Crippen molar-refractivity contribution in [1.82, 2.24) is 14.8 Å². The first-order valence-corrected chi connectivity index (χ1v) is 11.0. The largest absolute Gasteiger partial charge is 0.490 e. The van der Waals surface area contributed by atoms with Gasteiger partial charge in [-0.3, -0.25) is 14.7 Å². The molecule has 0 aliphatic carbocycles. The van der Waals surface area contributed by atoms with E-state index in [0.717, 1.165) is 62.5 Å². The van der Waals surface area contributed by atoms with Crippen molar-refractivity contribution in [2.24, 2.45) is 0 Å².